The highest BCUT2D eigenvalue weighted by atomic mass is 19.1. The summed E-state index contributed by atoms with van der Waals surface area (Å²) < 4.78 is 24.6. The number of urea groups is 1. The smallest absolute Gasteiger partial charge is 0.322 e. The molecule has 4 rings (SSSR count). The van der Waals surface area contributed by atoms with E-state index in [-0.39, 0.29) is 31.4 Å². The quantitative estimate of drug-likeness (QED) is 0.423. The third-order valence-electron chi connectivity index (χ3n) is 6.43. The van der Waals surface area contributed by atoms with Crippen molar-refractivity contribution in [3.05, 3.63) is 89.1 Å². The number of nitrogens with zero attached hydrogens (tertiary/aromatic N) is 4. The maximum absolute atomic E-state index is 13.7. The standard InChI is InChI=1S/C29H32FN5O4/c1-22-5-10-27(39-22)20-35(19-23-6-8-25(30)9-7-23)28(36)21-34(12-11-33-13-15-38-16-14-33)29(37)32-26-4-2-3-24(17-26)18-31/h2-10,17H,11-16,19-21H2,1H3,(H,32,37). The van der Waals surface area contributed by atoms with Crippen LogP contribution in [0.2, 0.25) is 0 Å². The minimum absolute atomic E-state index is 0.172. The first kappa shape index (κ1) is 27.8. The van der Waals surface area contributed by atoms with Crippen LogP contribution in [0, 0.1) is 24.1 Å². The lowest BCUT2D eigenvalue weighted by atomic mass is 10.2. The topological polar surface area (TPSA) is 102 Å². The van der Waals surface area contributed by atoms with Crippen LogP contribution in [0.25, 0.3) is 0 Å². The number of halogens is 1. The molecule has 9 nitrogen and oxygen atoms in total. The normalized spacial score (nSPS) is 13.5. The highest BCUT2D eigenvalue weighted by molar-refractivity contribution is 5.92. The summed E-state index contributed by atoms with van der Waals surface area (Å²) in [6.07, 6.45) is 0. The van der Waals surface area contributed by atoms with Crippen molar-refractivity contribution in [1.82, 2.24) is 14.7 Å². The molecule has 1 aromatic heterocycles. The van der Waals surface area contributed by atoms with Gasteiger partial charge in [-0.2, -0.15) is 5.26 Å². The molecule has 0 atom stereocenters. The first-order valence-corrected chi connectivity index (χ1v) is 12.8. The molecule has 0 bridgehead atoms. The molecule has 39 heavy (non-hydrogen) atoms. The van der Waals surface area contributed by atoms with Gasteiger partial charge in [-0.1, -0.05) is 18.2 Å². The van der Waals surface area contributed by atoms with Gasteiger partial charge in [0.05, 0.1) is 31.4 Å². The van der Waals surface area contributed by atoms with Crippen molar-refractivity contribution >= 4 is 17.6 Å². The summed E-state index contributed by atoms with van der Waals surface area (Å²) in [7, 11) is 0. The number of carbonyl (C=O) groups excluding carboxylic acids is 2. The van der Waals surface area contributed by atoms with Gasteiger partial charge in [0, 0.05) is 38.4 Å². The molecule has 3 amide bonds. The van der Waals surface area contributed by atoms with E-state index >= 15 is 0 Å². The fourth-order valence-corrected chi connectivity index (χ4v) is 4.27. The van der Waals surface area contributed by atoms with Gasteiger partial charge in [-0.3, -0.25) is 9.69 Å². The van der Waals surface area contributed by atoms with Crippen molar-refractivity contribution in [2.24, 2.45) is 0 Å². The van der Waals surface area contributed by atoms with E-state index in [1.165, 1.54) is 17.0 Å². The highest BCUT2D eigenvalue weighted by Crippen LogP contribution is 2.16. The predicted octanol–water partition coefficient (Wildman–Crippen LogP) is 3.99. The molecular formula is C29H32FN5O4. The minimum atomic E-state index is -0.442. The van der Waals surface area contributed by atoms with E-state index in [9.17, 15) is 19.2 Å². The van der Waals surface area contributed by atoms with E-state index in [2.05, 4.69) is 16.3 Å². The second-order valence-electron chi connectivity index (χ2n) is 9.39. The van der Waals surface area contributed by atoms with E-state index in [1.54, 1.807) is 41.3 Å². The third-order valence-corrected chi connectivity index (χ3v) is 6.43. The number of anilines is 1. The van der Waals surface area contributed by atoms with Crippen molar-refractivity contribution in [1.29, 1.82) is 5.26 Å². The van der Waals surface area contributed by atoms with Gasteiger partial charge in [-0.25, -0.2) is 9.18 Å². The largest absolute Gasteiger partial charge is 0.464 e. The lowest BCUT2D eigenvalue weighted by molar-refractivity contribution is -0.133. The van der Waals surface area contributed by atoms with Crippen LogP contribution >= 0.6 is 0 Å². The van der Waals surface area contributed by atoms with E-state index < -0.39 is 6.03 Å². The van der Waals surface area contributed by atoms with Crippen LogP contribution in [0.15, 0.2) is 65.1 Å². The first-order valence-electron chi connectivity index (χ1n) is 12.8. The van der Waals surface area contributed by atoms with Gasteiger partial charge in [0.15, 0.2) is 0 Å². The molecule has 3 aromatic rings. The number of nitriles is 1. The molecule has 0 aliphatic carbocycles. The zero-order chi connectivity index (χ0) is 27.6. The van der Waals surface area contributed by atoms with Crippen LogP contribution in [0.1, 0.15) is 22.6 Å². The summed E-state index contributed by atoms with van der Waals surface area (Å²) in [6.45, 7) is 5.74. The third kappa shape index (κ3) is 8.40. The molecule has 10 heteroatoms. The zero-order valence-electron chi connectivity index (χ0n) is 21.9. The number of benzene rings is 2. The number of furan rings is 1. The molecule has 0 radical (unpaired) electrons. The number of hydrogen-bond donors (Lipinski definition) is 1. The van der Waals surface area contributed by atoms with Gasteiger partial charge in [0.2, 0.25) is 5.91 Å². The SMILES string of the molecule is Cc1ccc(CN(Cc2ccc(F)cc2)C(=O)CN(CCN2CCOCC2)C(=O)Nc2cccc(C#N)c2)o1. The Hall–Kier alpha value is -4.20. The molecular weight excluding hydrogens is 501 g/mol. The molecule has 1 fully saturated rings. The number of rotatable bonds is 10. The van der Waals surface area contributed by atoms with Crippen molar-refractivity contribution < 1.29 is 23.1 Å². The van der Waals surface area contributed by atoms with Crippen LogP contribution < -0.4 is 5.32 Å². The van der Waals surface area contributed by atoms with E-state index in [1.807, 2.05) is 19.1 Å². The Morgan fingerprint density at radius 1 is 1.05 bits per heavy atom. The predicted molar refractivity (Wildman–Crippen MR) is 143 cm³/mol. The molecule has 1 saturated heterocycles. The molecule has 2 aromatic carbocycles. The molecule has 1 N–H and O–H groups in total. The number of amides is 3. The van der Waals surface area contributed by atoms with Gasteiger partial charge >= 0.3 is 6.03 Å². The summed E-state index contributed by atoms with van der Waals surface area (Å²) in [6, 6.07) is 17.8. The Labute approximate surface area is 227 Å². The lowest BCUT2D eigenvalue weighted by Crippen LogP contribution is -2.48. The van der Waals surface area contributed by atoms with E-state index in [4.69, 9.17) is 9.15 Å². The zero-order valence-corrected chi connectivity index (χ0v) is 21.9. The fraction of sp³-hybridized carbons (Fsp3) is 0.345. The number of morpholine rings is 1. The lowest BCUT2D eigenvalue weighted by Gasteiger charge is -2.31. The Morgan fingerprint density at radius 3 is 2.51 bits per heavy atom. The monoisotopic (exact) mass is 533 g/mol. The van der Waals surface area contributed by atoms with Gasteiger partial charge in [0.1, 0.15) is 23.9 Å². The van der Waals surface area contributed by atoms with Gasteiger partial charge in [-0.15, -0.1) is 0 Å². The summed E-state index contributed by atoms with van der Waals surface area (Å²) in [5, 5.41) is 12.0. The molecule has 1 aliphatic rings. The molecule has 0 saturated carbocycles. The van der Waals surface area contributed by atoms with Crippen LogP contribution in [0.3, 0.4) is 0 Å². The van der Waals surface area contributed by atoms with E-state index in [0.29, 0.717) is 43.3 Å². The van der Waals surface area contributed by atoms with Crippen molar-refractivity contribution in [3.63, 3.8) is 0 Å². The maximum Gasteiger partial charge on any atom is 0.322 e. The highest BCUT2D eigenvalue weighted by Gasteiger charge is 2.24. The Bertz CT molecular complexity index is 1300. The van der Waals surface area contributed by atoms with Crippen molar-refractivity contribution in [3.8, 4) is 6.07 Å². The van der Waals surface area contributed by atoms with Crippen LogP contribution in [-0.2, 0) is 22.6 Å². The molecule has 204 valence electrons. The number of carbonyl (C=O) groups is 2. The molecule has 0 unspecified atom stereocenters. The molecule has 2 heterocycles. The van der Waals surface area contributed by atoms with Gasteiger partial charge < -0.3 is 24.3 Å². The maximum atomic E-state index is 13.7. The average Bonchev–Trinajstić information content (AvgIpc) is 3.36. The molecule has 1 aliphatic heterocycles. The second-order valence-corrected chi connectivity index (χ2v) is 9.39. The second kappa shape index (κ2) is 13.6. The number of ether oxygens (including phenoxy) is 1. The Morgan fingerprint density at radius 2 is 1.82 bits per heavy atom. The summed E-state index contributed by atoms with van der Waals surface area (Å²) >= 11 is 0. The summed E-state index contributed by atoms with van der Waals surface area (Å²) in [4.78, 5) is 32.3. The summed E-state index contributed by atoms with van der Waals surface area (Å²) in [5.74, 6) is 0.701. The van der Waals surface area contributed by atoms with E-state index in [0.717, 1.165) is 24.4 Å². The van der Waals surface area contributed by atoms with Crippen molar-refractivity contribution in [2.45, 2.75) is 20.0 Å². The Kier molecular flexibility index (Phi) is 9.67. The summed E-state index contributed by atoms with van der Waals surface area (Å²) in [5.41, 5.74) is 1.64. The van der Waals surface area contributed by atoms with Crippen molar-refractivity contribution in [2.75, 3.05) is 51.3 Å². The average molecular weight is 534 g/mol. The number of aryl methyl sites for hydroxylation is 1. The van der Waals surface area contributed by atoms with Crippen LogP contribution in [0.5, 0.6) is 0 Å². The first-order chi connectivity index (χ1) is 18.9. The van der Waals surface area contributed by atoms with Crippen LogP contribution in [0.4, 0.5) is 14.9 Å². The number of hydrogen-bond acceptors (Lipinski definition) is 6. The fourth-order valence-electron chi connectivity index (χ4n) is 4.27. The van der Waals surface area contributed by atoms with Gasteiger partial charge in [-0.05, 0) is 55.0 Å². The van der Waals surface area contributed by atoms with Gasteiger partial charge in [0.25, 0.3) is 0 Å². The Balaban J connectivity index is 1.51. The van der Waals surface area contributed by atoms with Crippen LogP contribution in [-0.4, -0.2) is 72.6 Å². The minimum Gasteiger partial charge on any atom is -0.464 e. The number of nitrogens with one attached hydrogen (secondary N) is 1. The molecule has 0 spiro atoms.